The summed E-state index contributed by atoms with van der Waals surface area (Å²) in [4.78, 5) is 89.0. The van der Waals surface area contributed by atoms with Crippen LogP contribution < -0.4 is 9.47 Å². The summed E-state index contributed by atoms with van der Waals surface area (Å²) >= 11 is 0. The molecule has 0 aliphatic heterocycles. The fourth-order valence-electron chi connectivity index (χ4n) is 27.0. The summed E-state index contributed by atoms with van der Waals surface area (Å²) in [5.74, 6) is 11.4. The van der Waals surface area contributed by atoms with E-state index in [1.807, 2.05) is 219 Å². The molecule has 0 spiro atoms. The predicted octanol–water partition coefficient (Wildman–Crippen LogP) is 32.1. The third kappa shape index (κ3) is 25.5. The van der Waals surface area contributed by atoms with Crippen molar-refractivity contribution >= 4 is 41.0 Å². The van der Waals surface area contributed by atoms with Crippen LogP contribution in [0, 0.1) is 154 Å². The van der Waals surface area contributed by atoms with E-state index in [1.165, 1.54) is 117 Å². The number of esters is 3. The van der Waals surface area contributed by atoms with Crippen molar-refractivity contribution < 1.29 is 57.2 Å². The van der Waals surface area contributed by atoms with Crippen molar-refractivity contribution in [1.82, 2.24) is 0 Å². The first-order chi connectivity index (χ1) is 66.2. The zero-order valence-corrected chi connectivity index (χ0v) is 87.2. The van der Waals surface area contributed by atoms with E-state index >= 15 is 0 Å². The number of Topliss-reactive ketones (excluding diaryl/α,β-unsaturated/α-hetero) is 4. The normalized spacial score (nSPS) is 26.2. The minimum atomic E-state index is -0.242. The first-order valence-electron chi connectivity index (χ1n) is 52.7. The van der Waals surface area contributed by atoms with E-state index in [0.29, 0.717) is 95.9 Å². The van der Waals surface area contributed by atoms with Crippen molar-refractivity contribution in [2.24, 2.45) is 98.6 Å². The second-order valence-electron chi connectivity index (χ2n) is 45.8. The maximum Gasteiger partial charge on any atom is 0.338 e. The Bertz CT molecular complexity index is 5630. The number of allylic oxidation sites excluding steroid dienone is 1. The lowest BCUT2D eigenvalue weighted by atomic mass is 9.43. The zero-order valence-electron chi connectivity index (χ0n) is 87.2. The number of benzene rings is 9. The van der Waals surface area contributed by atoms with E-state index in [-0.39, 0.29) is 83.5 Å². The molecule has 7 saturated carbocycles. The van der Waals surface area contributed by atoms with Crippen LogP contribution in [0.4, 0.5) is 0 Å². The Kier molecular flexibility index (Phi) is 34.2. The summed E-state index contributed by atoms with van der Waals surface area (Å²) in [7, 11) is 0. The summed E-state index contributed by atoms with van der Waals surface area (Å²) in [6, 6.07) is 62.5. The number of carbonyl (C=O) groups is 7. The minimum absolute atomic E-state index is 0.0125. The summed E-state index contributed by atoms with van der Waals surface area (Å²) in [6.45, 7) is 44.1. The van der Waals surface area contributed by atoms with E-state index < -0.39 is 0 Å². The fourth-order valence-corrected chi connectivity index (χ4v) is 27.0. The third-order valence-electron chi connectivity index (χ3n) is 34.6. The highest BCUT2D eigenvalue weighted by Gasteiger charge is 2.64. The van der Waals surface area contributed by atoms with E-state index in [9.17, 15) is 33.6 Å². The Morgan fingerprint density at radius 1 is 0.331 bits per heavy atom. The molecule has 8 aliphatic carbocycles. The molecular formula is C127H158O12. The monoisotopic (exact) mass is 1880 g/mol. The molecule has 12 nitrogen and oxygen atoms in total. The average molecular weight is 1880 g/mol. The van der Waals surface area contributed by atoms with Crippen LogP contribution in [-0.4, -0.2) is 59.4 Å². The van der Waals surface area contributed by atoms with Gasteiger partial charge in [0, 0.05) is 53.5 Å². The number of carbonyl (C=O) groups excluding carboxylic acids is 7. The Labute approximate surface area is 832 Å². The maximum absolute atomic E-state index is 13.7. The molecule has 0 amide bonds. The molecule has 0 radical (unpaired) electrons. The number of hydrogen-bond acceptors (Lipinski definition) is 12. The van der Waals surface area contributed by atoms with Crippen LogP contribution >= 0.6 is 0 Å². The number of fused-ring (bicyclic) bond motifs is 10. The van der Waals surface area contributed by atoms with Crippen molar-refractivity contribution in [1.29, 1.82) is 0 Å². The van der Waals surface area contributed by atoms with Crippen molar-refractivity contribution in [3.05, 3.63) is 306 Å². The van der Waals surface area contributed by atoms with E-state index in [4.69, 9.17) is 23.7 Å². The highest BCUT2D eigenvalue weighted by atomic mass is 16.6. The molecular weight excluding hydrogens is 1720 g/mol. The van der Waals surface area contributed by atoms with Gasteiger partial charge in [-0.25, -0.2) is 14.4 Å². The van der Waals surface area contributed by atoms with Gasteiger partial charge in [0.2, 0.25) is 0 Å². The molecule has 0 aromatic heterocycles. The first-order valence-corrected chi connectivity index (χ1v) is 52.7. The number of ether oxygens (including phenoxy) is 5. The average Bonchev–Trinajstić information content (AvgIpc) is 1.68. The summed E-state index contributed by atoms with van der Waals surface area (Å²) in [5, 5.41) is 0. The van der Waals surface area contributed by atoms with Crippen molar-refractivity contribution in [2.75, 3.05) is 0 Å². The first kappa shape index (κ1) is 104. The lowest BCUT2D eigenvalue weighted by Crippen LogP contribution is -2.59. The van der Waals surface area contributed by atoms with Gasteiger partial charge in [-0.2, -0.15) is 0 Å². The Balaban J connectivity index is 0.000000152. The topological polar surface area (TPSA) is 166 Å². The van der Waals surface area contributed by atoms with E-state index in [0.717, 1.165) is 147 Å². The minimum Gasteiger partial charge on any atom is -0.459 e. The van der Waals surface area contributed by atoms with Crippen molar-refractivity contribution in [3.8, 4) is 23.0 Å². The second kappa shape index (κ2) is 45.6. The van der Waals surface area contributed by atoms with Crippen LogP contribution in [0.15, 0.2) is 212 Å². The van der Waals surface area contributed by atoms with Gasteiger partial charge in [-0.3, -0.25) is 19.2 Å². The number of aryl methyl sites for hydroxylation is 8. The van der Waals surface area contributed by atoms with Gasteiger partial charge in [-0.05, 0) is 354 Å². The molecule has 9 aromatic carbocycles. The molecule has 139 heavy (non-hydrogen) atoms. The molecule has 12 heteroatoms. The van der Waals surface area contributed by atoms with Gasteiger partial charge >= 0.3 is 17.9 Å². The highest BCUT2D eigenvalue weighted by Crippen LogP contribution is 2.71. The van der Waals surface area contributed by atoms with E-state index in [1.54, 1.807) is 35.9 Å². The fraction of sp³-hybridized carbons (Fsp3) is 0.504. The highest BCUT2D eigenvalue weighted by molar-refractivity contribution is 6.01. The summed E-state index contributed by atoms with van der Waals surface area (Å²) < 4.78 is 30.7. The van der Waals surface area contributed by atoms with Crippen LogP contribution in [0.5, 0.6) is 23.0 Å². The van der Waals surface area contributed by atoms with Crippen LogP contribution in [0.2, 0.25) is 0 Å². The molecule has 18 atom stereocenters. The molecule has 0 heterocycles. The van der Waals surface area contributed by atoms with Gasteiger partial charge in [-0.1, -0.05) is 273 Å². The number of ketones is 4. The molecule has 8 aliphatic rings. The number of hydrogen-bond donors (Lipinski definition) is 0. The Morgan fingerprint density at radius 3 is 1.17 bits per heavy atom. The van der Waals surface area contributed by atoms with Crippen molar-refractivity contribution in [2.45, 2.75) is 311 Å². The van der Waals surface area contributed by atoms with Gasteiger partial charge < -0.3 is 23.7 Å². The summed E-state index contributed by atoms with van der Waals surface area (Å²) in [6.07, 6.45) is 29.9. The lowest BCUT2D eigenvalue weighted by Gasteiger charge is -2.62. The predicted molar refractivity (Wildman–Crippen MR) is 561 cm³/mol. The summed E-state index contributed by atoms with van der Waals surface area (Å²) in [5.41, 5.74) is 17.7. The lowest BCUT2D eigenvalue weighted by molar-refractivity contribution is -0.174. The second-order valence-corrected chi connectivity index (χ2v) is 45.8. The van der Waals surface area contributed by atoms with Crippen LogP contribution in [0.1, 0.15) is 352 Å². The molecule has 7 fully saturated rings. The smallest absolute Gasteiger partial charge is 0.338 e. The quantitative estimate of drug-likeness (QED) is 0.0197. The molecule has 9 aromatic rings. The molecule has 0 bridgehead atoms. The SMILES string of the molecule is CC(=O)c1cc(CC(=O)c2ccc(C)cc2)cc(CC(=O)c2ccc(C)cc2)c1.CC(=O)c1cc(Oc2ccc(C)cc2)cc(Oc2ccc(C)cc2)c1.Cc1cc(C)cc(C(=O)OC2CCC3(C)C(=CCC4C3CCC3(C)C(C(C)CCCC(C)C)CCC43)C2)c1.Cc1ccc(C(=O)OC2CCC3(C)C(C2)C(OC(=O)c2ccc(C)cc2)CC2C4CCC(C(C)CCCC(C)C)C4(C)CCC23)cc1. The van der Waals surface area contributed by atoms with Crippen LogP contribution in [0.25, 0.3) is 0 Å². The zero-order chi connectivity index (χ0) is 99.5. The van der Waals surface area contributed by atoms with Crippen LogP contribution in [0.3, 0.4) is 0 Å². The Hall–Kier alpha value is -10.6. The molecule has 738 valence electrons. The largest absolute Gasteiger partial charge is 0.459 e. The third-order valence-corrected chi connectivity index (χ3v) is 34.6. The maximum atomic E-state index is 13.7. The van der Waals surface area contributed by atoms with Gasteiger partial charge in [0.05, 0.1) is 16.7 Å². The molecule has 18 unspecified atom stereocenters. The van der Waals surface area contributed by atoms with E-state index in [2.05, 4.69) is 81.4 Å². The van der Waals surface area contributed by atoms with Gasteiger partial charge in [0.15, 0.2) is 23.1 Å². The molecule has 0 saturated heterocycles. The Morgan fingerprint density at radius 2 is 0.719 bits per heavy atom. The van der Waals surface area contributed by atoms with Gasteiger partial charge in [-0.15, -0.1) is 0 Å². The number of rotatable bonds is 28. The standard InChI is InChI=1S/C43H60O4.C36H54O2.C26H24O3.C22H20O3/c1-27(2)9-8-10-30(5)35-19-20-36-34-26-39(47-41(45)32-17-13-29(4)14-18-32)38-25-33(46-40(44)31-15-11-28(3)12-16-31)21-23-43(38,7)37(34)22-24-42(35,36)6;1-23(2)9-8-10-26(5)31-13-14-32-30-12-11-28-22-29(38-34(37)27-20-24(3)19-25(4)21-27)15-17-35(28,6)33(30)16-18-36(31,32)7;1-17-4-8-22(9-5-17)25(28)15-20-12-21(14-24(13-20)19(3)27)16-26(29)23-10-6-18(2)7-11-23;1-15-4-8-19(9-5-15)24-21-12-18(17(3)23)13-22(14-21)25-20-10-6-16(2)7-11-20/h11-18,27,30,33-39H,8-10,19-26H2,1-7H3;11,19-21,23,26,29-33H,8-10,12-18,22H2,1-7H3;4-14H,15-16H2,1-3H3;4-14H,1-3H3. The van der Waals surface area contributed by atoms with Crippen LogP contribution in [-0.2, 0) is 27.1 Å². The van der Waals surface area contributed by atoms with Crippen molar-refractivity contribution in [3.63, 3.8) is 0 Å². The van der Waals surface area contributed by atoms with Gasteiger partial charge in [0.1, 0.15) is 41.3 Å². The molecule has 17 rings (SSSR count). The molecule has 0 N–H and O–H groups in total. The van der Waals surface area contributed by atoms with Gasteiger partial charge in [0.25, 0.3) is 0 Å².